The van der Waals surface area contributed by atoms with Crippen LogP contribution in [0.2, 0.25) is 0 Å². The molecule has 1 heterocycles. The molecule has 0 atom stereocenters. The van der Waals surface area contributed by atoms with Crippen molar-refractivity contribution < 1.29 is 56.4 Å². The fraction of sp³-hybridized carbons (Fsp3) is 0.605. The van der Waals surface area contributed by atoms with Crippen LogP contribution in [-0.4, -0.2) is 114 Å². The summed E-state index contributed by atoms with van der Waals surface area (Å²) in [6.07, 6.45) is 9.87. The van der Waals surface area contributed by atoms with Crippen molar-refractivity contribution in [2.45, 2.75) is 89.1 Å². The van der Waals surface area contributed by atoms with E-state index in [0.717, 1.165) is 56.9 Å². The van der Waals surface area contributed by atoms with Crippen LogP contribution in [-0.2, 0) is 54.5 Å². The van der Waals surface area contributed by atoms with Gasteiger partial charge in [0.05, 0.1) is 50.1 Å². The summed E-state index contributed by atoms with van der Waals surface area (Å²) in [6.45, 7) is 6.76. The van der Waals surface area contributed by atoms with Crippen LogP contribution >= 0.6 is 0 Å². The molecule has 0 aliphatic carbocycles. The number of carboxylic acid groups (broad SMARTS) is 1. The van der Waals surface area contributed by atoms with E-state index in [-0.39, 0.29) is 94.1 Å². The average Bonchev–Trinajstić information content (AvgIpc) is 3.12. The first-order valence-electron chi connectivity index (χ1n) is 18.6. The molecule has 0 saturated carbocycles. The second kappa shape index (κ2) is 26.6. The van der Waals surface area contributed by atoms with E-state index in [4.69, 9.17) is 28.8 Å². The minimum atomic E-state index is -3.88. The summed E-state index contributed by atoms with van der Waals surface area (Å²) in [5.41, 5.74) is 0.869. The molecule has 0 fully saturated rings. The zero-order valence-corrected chi connectivity index (χ0v) is 33.1. The van der Waals surface area contributed by atoms with E-state index in [2.05, 4.69) is 20.3 Å². The minimum absolute atomic E-state index is 0.0795. The molecule has 16 nitrogen and oxygen atoms in total. The Labute approximate surface area is 324 Å². The smallest absolute Gasteiger partial charge is 0.329 e. The van der Waals surface area contributed by atoms with Crippen LogP contribution in [0.25, 0.3) is 0 Å². The lowest BCUT2D eigenvalue weighted by atomic mass is 10.0. The van der Waals surface area contributed by atoms with E-state index in [1.54, 1.807) is 12.1 Å². The molecule has 0 bridgehead atoms. The lowest BCUT2D eigenvalue weighted by Crippen LogP contribution is -2.31. The molecule has 0 spiro atoms. The Kier molecular flexibility index (Phi) is 22.7. The lowest BCUT2D eigenvalue weighted by Gasteiger charge is -2.19. The van der Waals surface area contributed by atoms with Crippen molar-refractivity contribution in [1.82, 2.24) is 15.6 Å². The Morgan fingerprint density at radius 3 is 1.89 bits per heavy atom. The number of pyridine rings is 1. The Balaban J connectivity index is 1.53. The molecule has 0 unspecified atom stereocenters. The number of sulfonamides is 1. The van der Waals surface area contributed by atoms with Gasteiger partial charge in [-0.2, -0.15) is 0 Å². The number of nitrogens with zero attached hydrogens (tertiary/aromatic N) is 1. The van der Waals surface area contributed by atoms with E-state index in [1.165, 1.54) is 18.3 Å². The molecule has 2 rings (SSSR count). The van der Waals surface area contributed by atoms with Gasteiger partial charge < -0.3 is 39.4 Å². The third kappa shape index (κ3) is 23.4. The second-order valence-corrected chi connectivity index (χ2v) is 15.3. The minimum Gasteiger partial charge on any atom is -0.480 e. The summed E-state index contributed by atoms with van der Waals surface area (Å²) >= 11 is 0. The van der Waals surface area contributed by atoms with Gasteiger partial charge in [0.1, 0.15) is 24.6 Å². The van der Waals surface area contributed by atoms with E-state index < -0.39 is 27.5 Å². The number of aromatic nitrogens is 1. The van der Waals surface area contributed by atoms with Crippen LogP contribution in [0.3, 0.4) is 0 Å². The van der Waals surface area contributed by atoms with Crippen molar-refractivity contribution in [3.8, 4) is 0 Å². The summed E-state index contributed by atoms with van der Waals surface area (Å²) in [4.78, 5) is 50.5. The number of hydrogen-bond acceptors (Lipinski definition) is 12. The van der Waals surface area contributed by atoms with Crippen molar-refractivity contribution in [3.05, 3.63) is 53.7 Å². The number of ether oxygens (including phenoxy) is 5. The third-order valence-electron chi connectivity index (χ3n) is 7.57. The van der Waals surface area contributed by atoms with Gasteiger partial charge in [-0.25, -0.2) is 18.2 Å². The molecular formula is C38H58N4O12S. The molecule has 0 radical (unpaired) electrons. The topological polar surface area (TPSA) is 218 Å². The van der Waals surface area contributed by atoms with Gasteiger partial charge in [0, 0.05) is 25.7 Å². The van der Waals surface area contributed by atoms with Crippen LogP contribution in [0.5, 0.6) is 0 Å². The highest BCUT2D eigenvalue weighted by atomic mass is 32.2. The van der Waals surface area contributed by atoms with Crippen LogP contribution in [0.1, 0.15) is 88.1 Å². The van der Waals surface area contributed by atoms with Crippen molar-refractivity contribution in [3.63, 3.8) is 0 Å². The fourth-order valence-corrected chi connectivity index (χ4v) is 5.92. The number of carboxylic acids is 1. The van der Waals surface area contributed by atoms with Gasteiger partial charge >= 0.3 is 11.9 Å². The van der Waals surface area contributed by atoms with Crippen LogP contribution < -0.4 is 15.4 Å². The summed E-state index contributed by atoms with van der Waals surface area (Å²) in [5.74, 6) is -1.84. The number of aryl methyl sites for hydroxylation is 1. The predicted molar refractivity (Wildman–Crippen MR) is 204 cm³/mol. The quantitative estimate of drug-likeness (QED) is 0.0653. The Morgan fingerprint density at radius 2 is 1.29 bits per heavy atom. The first-order valence-corrected chi connectivity index (χ1v) is 20.1. The zero-order chi connectivity index (χ0) is 40.4. The van der Waals surface area contributed by atoms with Crippen LogP contribution in [0, 0.1) is 0 Å². The molecule has 1 aromatic heterocycles. The van der Waals surface area contributed by atoms with Gasteiger partial charge in [0.25, 0.3) is 15.9 Å². The average molecular weight is 795 g/mol. The molecule has 4 N–H and O–H groups in total. The number of unbranched alkanes of at least 4 members (excludes halogenated alkanes) is 6. The molecule has 0 aliphatic rings. The number of benzene rings is 1. The summed E-state index contributed by atoms with van der Waals surface area (Å²) < 4.78 is 54.3. The first kappa shape index (κ1) is 47.0. The zero-order valence-electron chi connectivity index (χ0n) is 32.3. The van der Waals surface area contributed by atoms with Gasteiger partial charge in [-0.1, -0.05) is 44.2 Å². The van der Waals surface area contributed by atoms with Gasteiger partial charge in [-0.15, -0.1) is 0 Å². The molecule has 2 amide bonds. The van der Waals surface area contributed by atoms with Gasteiger partial charge in [-0.3, -0.25) is 19.1 Å². The van der Waals surface area contributed by atoms with E-state index >= 15 is 0 Å². The van der Waals surface area contributed by atoms with Crippen LogP contribution in [0.15, 0.2) is 47.5 Å². The largest absolute Gasteiger partial charge is 0.480 e. The molecular weight excluding hydrogens is 737 g/mol. The number of carbonyl (C=O) groups excluding carboxylic acids is 3. The molecule has 0 saturated heterocycles. The first-order chi connectivity index (χ1) is 26.2. The monoisotopic (exact) mass is 794 g/mol. The number of anilines is 1. The Hall–Kier alpha value is -4.16. The predicted octanol–water partition coefficient (Wildman–Crippen LogP) is 3.88. The highest BCUT2D eigenvalue weighted by Gasteiger charge is 2.17. The summed E-state index contributed by atoms with van der Waals surface area (Å²) in [7, 11) is -3.88. The van der Waals surface area contributed by atoms with Gasteiger partial charge in [0.2, 0.25) is 5.91 Å². The molecule has 308 valence electrons. The fourth-order valence-electron chi connectivity index (χ4n) is 4.91. The van der Waals surface area contributed by atoms with Gasteiger partial charge in [0.15, 0.2) is 0 Å². The Bertz CT molecular complexity index is 1530. The van der Waals surface area contributed by atoms with Gasteiger partial charge in [-0.05, 0) is 69.9 Å². The number of aliphatic carboxylic acids is 1. The standard InChI is InChI=1S/C38H58N4O12S/c1-38(2,3)54-36(46)12-10-8-6-4-5-7-9-11-30-13-16-32(17-14-30)55(48,49)42-33-18-15-31(27-41-33)37(47)40-20-22-51-23-25-52-28-34(43)39-19-21-50-24-26-53-29-35(44)45/h13-18,27H,4-12,19-26,28-29H2,1-3H3,(H,39,43)(H,40,47)(H,41,42)(H,44,45). The molecule has 55 heavy (non-hydrogen) atoms. The molecule has 0 aliphatic heterocycles. The van der Waals surface area contributed by atoms with Crippen molar-refractivity contribution in [1.29, 1.82) is 0 Å². The second-order valence-electron chi connectivity index (χ2n) is 13.6. The van der Waals surface area contributed by atoms with Crippen LogP contribution in [0.4, 0.5) is 5.82 Å². The van der Waals surface area contributed by atoms with Crippen molar-refractivity contribution in [2.75, 3.05) is 70.7 Å². The SMILES string of the molecule is CC(C)(C)OC(=O)CCCCCCCCCc1ccc(S(=O)(=O)Nc2ccc(C(=O)NCCOCCOCC(=O)NCCOCCOCC(=O)O)cn2)cc1. The van der Waals surface area contributed by atoms with Crippen molar-refractivity contribution in [2.24, 2.45) is 0 Å². The maximum atomic E-state index is 12.9. The number of nitrogens with one attached hydrogen (secondary N) is 3. The van der Waals surface area contributed by atoms with E-state index in [0.29, 0.717) is 6.42 Å². The number of hydrogen-bond donors (Lipinski definition) is 4. The maximum absolute atomic E-state index is 12.9. The highest BCUT2D eigenvalue weighted by Crippen LogP contribution is 2.18. The lowest BCUT2D eigenvalue weighted by molar-refractivity contribution is -0.155. The molecule has 2 aromatic rings. The number of carbonyl (C=O) groups is 4. The molecule has 17 heteroatoms. The van der Waals surface area contributed by atoms with E-state index in [1.807, 2.05) is 32.9 Å². The number of amides is 2. The maximum Gasteiger partial charge on any atom is 0.329 e. The van der Waals surface area contributed by atoms with E-state index in [9.17, 15) is 27.6 Å². The third-order valence-corrected chi connectivity index (χ3v) is 8.94. The molecule has 1 aromatic carbocycles. The normalized spacial score (nSPS) is 11.5. The van der Waals surface area contributed by atoms with Crippen molar-refractivity contribution >= 4 is 39.6 Å². The highest BCUT2D eigenvalue weighted by molar-refractivity contribution is 7.92. The summed E-state index contributed by atoms with van der Waals surface area (Å²) in [6, 6.07) is 9.66. The number of rotatable bonds is 30. The Morgan fingerprint density at radius 1 is 0.709 bits per heavy atom. The summed E-state index contributed by atoms with van der Waals surface area (Å²) in [5, 5.41) is 13.8. The number of esters is 1.